The third kappa shape index (κ3) is 2.05. The monoisotopic (exact) mass is 306 g/mol. The van der Waals surface area contributed by atoms with Crippen LogP contribution in [0.25, 0.3) is 0 Å². The van der Waals surface area contributed by atoms with Crippen LogP contribution in [0, 0.1) is 5.92 Å². The lowest BCUT2D eigenvalue weighted by Crippen LogP contribution is -2.22. The number of hydrogen-bond donors (Lipinski definition) is 1. The number of rotatable bonds is 1. The number of allylic oxidation sites excluding steroid dienone is 6. The highest BCUT2D eigenvalue weighted by Gasteiger charge is 2.27. The number of nitrogens with one attached hydrogen (secondary N) is 1. The molecule has 18 heavy (non-hydrogen) atoms. The van der Waals surface area contributed by atoms with E-state index in [-0.39, 0.29) is 0 Å². The van der Waals surface area contributed by atoms with E-state index in [4.69, 9.17) is 0 Å². The Morgan fingerprint density at radius 3 is 3.00 bits per heavy atom. The third-order valence-electron chi connectivity index (χ3n) is 4.06. The molecular weight excluding hydrogens is 288 g/mol. The van der Waals surface area contributed by atoms with Gasteiger partial charge in [0.1, 0.15) is 0 Å². The summed E-state index contributed by atoms with van der Waals surface area (Å²) in [6, 6.07) is 0. The lowest BCUT2D eigenvalue weighted by Gasteiger charge is -2.26. The summed E-state index contributed by atoms with van der Waals surface area (Å²) in [5.41, 5.74) is 5.59. The average Bonchev–Trinajstić information content (AvgIpc) is 2.73. The zero-order valence-corrected chi connectivity index (χ0v) is 12.5. The molecule has 0 aromatic rings. The van der Waals surface area contributed by atoms with Gasteiger partial charge < -0.3 is 10.2 Å². The molecule has 0 radical (unpaired) electrons. The van der Waals surface area contributed by atoms with E-state index < -0.39 is 0 Å². The minimum absolute atomic E-state index is 0.666. The van der Waals surface area contributed by atoms with Gasteiger partial charge in [-0.05, 0) is 48.7 Å². The van der Waals surface area contributed by atoms with E-state index >= 15 is 0 Å². The molecule has 3 heteroatoms. The van der Waals surface area contributed by atoms with Crippen molar-refractivity contribution in [1.29, 1.82) is 0 Å². The Bertz CT molecular complexity index is 497. The molecule has 0 saturated heterocycles. The maximum Gasteiger partial charge on any atom is 0.0924 e. The van der Waals surface area contributed by atoms with Gasteiger partial charge >= 0.3 is 0 Å². The molecule has 1 unspecified atom stereocenters. The van der Waals surface area contributed by atoms with Crippen molar-refractivity contribution in [1.82, 2.24) is 10.2 Å². The van der Waals surface area contributed by atoms with E-state index in [1.165, 1.54) is 27.1 Å². The summed E-state index contributed by atoms with van der Waals surface area (Å²) in [4.78, 5) is 2.39. The molecule has 3 rings (SSSR count). The van der Waals surface area contributed by atoms with Crippen molar-refractivity contribution >= 4 is 15.9 Å². The molecule has 2 aliphatic carbocycles. The van der Waals surface area contributed by atoms with Gasteiger partial charge in [0.05, 0.1) is 12.4 Å². The average molecular weight is 307 g/mol. The molecule has 0 bridgehead atoms. The first-order valence-electron chi connectivity index (χ1n) is 6.64. The van der Waals surface area contributed by atoms with Gasteiger partial charge in [0, 0.05) is 11.4 Å². The van der Waals surface area contributed by atoms with Crippen LogP contribution in [0.15, 0.2) is 45.4 Å². The van der Waals surface area contributed by atoms with Crippen LogP contribution in [0.1, 0.15) is 33.1 Å². The summed E-state index contributed by atoms with van der Waals surface area (Å²) in [5, 5.41) is 3.55. The second-order valence-corrected chi connectivity index (χ2v) is 6.40. The smallest absolute Gasteiger partial charge is 0.0924 e. The Labute approximate surface area is 117 Å². The SMILES string of the molecule is CC1=CC2=C(CC1C)NCN2C1=CCCC(Br)=C1. The molecule has 0 spiro atoms. The lowest BCUT2D eigenvalue weighted by atomic mass is 9.91. The highest BCUT2D eigenvalue weighted by Crippen LogP contribution is 2.35. The van der Waals surface area contributed by atoms with Gasteiger partial charge in [0.15, 0.2) is 0 Å². The van der Waals surface area contributed by atoms with Crippen molar-refractivity contribution < 1.29 is 0 Å². The van der Waals surface area contributed by atoms with Gasteiger partial charge in [-0.2, -0.15) is 0 Å². The first-order chi connectivity index (χ1) is 8.65. The van der Waals surface area contributed by atoms with Gasteiger partial charge in [-0.15, -0.1) is 0 Å². The van der Waals surface area contributed by atoms with Crippen molar-refractivity contribution in [2.45, 2.75) is 33.1 Å². The Balaban J connectivity index is 1.91. The summed E-state index contributed by atoms with van der Waals surface area (Å²) in [6.45, 7) is 5.45. The highest BCUT2D eigenvalue weighted by atomic mass is 79.9. The topological polar surface area (TPSA) is 15.3 Å². The third-order valence-corrected chi connectivity index (χ3v) is 4.68. The van der Waals surface area contributed by atoms with E-state index in [2.05, 4.69) is 58.2 Å². The van der Waals surface area contributed by atoms with Crippen molar-refractivity contribution in [2.24, 2.45) is 5.92 Å². The molecule has 96 valence electrons. The van der Waals surface area contributed by atoms with E-state index in [1.807, 2.05) is 0 Å². The fraction of sp³-hybridized carbons (Fsp3) is 0.467. The zero-order valence-electron chi connectivity index (χ0n) is 11.0. The van der Waals surface area contributed by atoms with Crippen LogP contribution in [-0.2, 0) is 0 Å². The molecule has 1 heterocycles. The fourth-order valence-corrected chi connectivity index (χ4v) is 3.21. The predicted octanol–water partition coefficient (Wildman–Crippen LogP) is 4.00. The molecule has 0 fully saturated rings. The van der Waals surface area contributed by atoms with Crippen molar-refractivity contribution in [2.75, 3.05) is 6.67 Å². The Morgan fingerprint density at radius 2 is 2.22 bits per heavy atom. The lowest BCUT2D eigenvalue weighted by molar-refractivity contribution is 0.469. The van der Waals surface area contributed by atoms with E-state index in [1.54, 1.807) is 0 Å². The Hall–Kier alpha value is -0.960. The van der Waals surface area contributed by atoms with Crippen molar-refractivity contribution in [3.8, 4) is 0 Å². The van der Waals surface area contributed by atoms with Crippen molar-refractivity contribution in [3.05, 3.63) is 45.4 Å². The summed E-state index contributed by atoms with van der Waals surface area (Å²) in [5.74, 6) is 0.666. The van der Waals surface area contributed by atoms with Crippen LogP contribution >= 0.6 is 15.9 Å². The first kappa shape index (κ1) is 12.1. The zero-order chi connectivity index (χ0) is 12.7. The molecule has 2 nitrogen and oxygen atoms in total. The molecule has 1 atom stereocenters. The Kier molecular flexibility index (Phi) is 3.10. The quantitative estimate of drug-likeness (QED) is 0.787. The van der Waals surface area contributed by atoms with Crippen LogP contribution < -0.4 is 5.32 Å². The molecule has 3 aliphatic rings. The van der Waals surface area contributed by atoms with E-state index in [0.717, 1.165) is 25.9 Å². The minimum Gasteiger partial charge on any atom is -0.369 e. The molecule has 1 N–H and O–H groups in total. The van der Waals surface area contributed by atoms with Gasteiger partial charge in [0.2, 0.25) is 0 Å². The number of halogens is 1. The predicted molar refractivity (Wildman–Crippen MR) is 78.7 cm³/mol. The maximum atomic E-state index is 3.63. The standard InChI is InChI=1S/C15H19BrN2/c1-10-6-14-15(7-11(10)2)18(9-17-14)13-5-3-4-12(16)8-13/h5,7-8,10,17H,3-4,6,9H2,1-2H3. The first-order valence-corrected chi connectivity index (χ1v) is 7.43. The minimum atomic E-state index is 0.666. The highest BCUT2D eigenvalue weighted by molar-refractivity contribution is 9.11. The van der Waals surface area contributed by atoms with Crippen molar-refractivity contribution in [3.63, 3.8) is 0 Å². The molecule has 1 aliphatic heterocycles. The van der Waals surface area contributed by atoms with Gasteiger partial charge in [-0.25, -0.2) is 0 Å². The van der Waals surface area contributed by atoms with Gasteiger partial charge in [-0.3, -0.25) is 0 Å². The van der Waals surface area contributed by atoms with Crippen LogP contribution in [0.4, 0.5) is 0 Å². The van der Waals surface area contributed by atoms with Crippen LogP contribution in [-0.4, -0.2) is 11.6 Å². The van der Waals surface area contributed by atoms with Gasteiger partial charge in [0.25, 0.3) is 0 Å². The molecular formula is C15H19BrN2. The number of hydrogen-bond acceptors (Lipinski definition) is 2. The maximum absolute atomic E-state index is 3.63. The fourth-order valence-electron chi connectivity index (χ4n) is 2.75. The molecule has 0 amide bonds. The summed E-state index contributed by atoms with van der Waals surface area (Å²) in [7, 11) is 0. The second-order valence-electron chi connectivity index (χ2n) is 5.38. The van der Waals surface area contributed by atoms with Crippen LogP contribution in [0.3, 0.4) is 0 Å². The number of nitrogens with zero attached hydrogens (tertiary/aromatic N) is 1. The largest absolute Gasteiger partial charge is 0.369 e. The summed E-state index contributed by atoms with van der Waals surface area (Å²) in [6.07, 6.45) is 10.3. The molecule has 0 saturated carbocycles. The second kappa shape index (κ2) is 4.61. The van der Waals surface area contributed by atoms with E-state index in [9.17, 15) is 0 Å². The van der Waals surface area contributed by atoms with Crippen LogP contribution in [0.5, 0.6) is 0 Å². The normalized spacial score (nSPS) is 27.4. The summed E-state index contributed by atoms with van der Waals surface area (Å²) >= 11 is 3.63. The molecule has 0 aromatic heterocycles. The van der Waals surface area contributed by atoms with E-state index in [0.29, 0.717) is 5.92 Å². The summed E-state index contributed by atoms with van der Waals surface area (Å²) < 4.78 is 1.30. The van der Waals surface area contributed by atoms with Crippen LogP contribution in [0.2, 0.25) is 0 Å². The molecule has 0 aromatic carbocycles. The Morgan fingerprint density at radius 1 is 1.39 bits per heavy atom. The van der Waals surface area contributed by atoms with Gasteiger partial charge in [-0.1, -0.05) is 34.5 Å².